The number of hydrogen-bond acceptors (Lipinski definition) is 6. The average Bonchev–Trinajstić information content (AvgIpc) is 3.34. The van der Waals surface area contributed by atoms with Crippen LogP contribution < -0.4 is 9.64 Å². The summed E-state index contributed by atoms with van der Waals surface area (Å²) in [5.41, 5.74) is 1.44. The predicted molar refractivity (Wildman–Crippen MR) is 117 cm³/mol. The summed E-state index contributed by atoms with van der Waals surface area (Å²) in [7, 11) is 0. The number of benzene rings is 2. The average molecular weight is 442 g/mol. The van der Waals surface area contributed by atoms with Crippen LogP contribution in [0.2, 0.25) is 5.02 Å². The van der Waals surface area contributed by atoms with Crippen molar-refractivity contribution in [2.24, 2.45) is 0 Å². The van der Waals surface area contributed by atoms with Crippen molar-refractivity contribution in [1.82, 2.24) is 0 Å². The first-order valence-electron chi connectivity index (χ1n) is 8.40. The molecule has 1 aliphatic rings. The molecule has 1 fully saturated rings. The third kappa shape index (κ3) is 4.27. The summed E-state index contributed by atoms with van der Waals surface area (Å²) in [6.45, 7) is 0. The van der Waals surface area contributed by atoms with Gasteiger partial charge >= 0.3 is 5.97 Å². The van der Waals surface area contributed by atoms with Gasteiger partial charge in [-0.25, -0.2) is 4.79 Å². The quantitative estimate of drug-likeness (QED) is 0.229. The molecule has 0 spiro atoms. The molecule has 0 atom stereocenters. The first-order valence-corrected chi connectivity index (χ1v) is 10.0. The highest BCUT2D eigenvalue weighted by atomic mass is 35.5. The maximum atomic E-state index is 12.8. The van der Waals surface area contributed by atoms with Crippen molar-refractivity contribution >= 4 is 63.5 Å². The molecule has 1 aromatic heterocycles. The SMILES string of the molecule is O=C(Oc1ccc(/C=C2\SC(=S)N(c3ccc(Cl)cc3)C2=O)cc1)c1ccco1. The van der Waals surface area contributed by atoms with Gasteiger partial charge in [-0.05, 0) is 60.2 Å². The van der Waals surface area contributed by atoms with E-state index in [0.29, 0.717) is 25.7 Å². The van der Waals surface area contributed by atoms with Crippen molar-refractivity contribution in [2.45, 2.75) is 0 Å². The number of esters is 1. The van der Waals surface area contributed by atoms with E-state index in [-0.39, 0.29) is 11.7 Å². The van der Waals surface area contributed by atoms with Crippen LogP contribution in [0.4, 0.5) is 5.69 Å². The lowest BCUT2D eigenvalue weighted by atomic mass is 10.2. The Morgan fingerprint density at radius 3 is 2.48 bits per heavy atom. The molecule has 5 nitrogen and oxygen atoms in total. The van der Waals surface area contributed by atoms with E-state index in [4.69, 9.17) is 33.0 Å². The monoisotopic (exact) mass is 441 g/mol. The van der Waals surface area contributed by atoms with E-state index in [1.807, 2.05) is 0 Å². The Morgan fingerprint density at radius 1 is 1.10 bits per heavy atom. The minimum atomic E-state index is -0.577. The molecule has 144 valence electrons. The van der Waals surface area contributed by atoms with Gasteiger partial charge in [0.15, 0.2) is 4.32 Å². The van der Waals surface area contributed by atoms with E-state index in [2.05, 4.69) is 0 Å². The number of anilines is 1. The first kappa shape index (κ1) is 19.4. The highest BCUT2D eigenvalue weighted by Gasteiger charge is 2.33. The second-order valence-corrected chi connectivity index (χ2v) is 8.04. The van der Waals surface area contributed by atoms with Gasteiger partial charge < -0.3 is 9.15 Å². The molecule has 2 aromatic carbocycles. The second kappa shape index (κ2) is 8.24. The number of carbonyl (C=O) groups excluding carboxylic acids is 2. The van der Waals surface area contributed by atoms with E-state index >= 15 is 0 Å². The van der Waals surface area contributed by atoms with Gasteiger partial charge in [-0.3, -0.25) is 9.69 Å². The highest BCUT2D eigenvalue weighted by Crippen LogP contribution is 2.36. The highest BCUT2D eigenvalue weighted by molar-refractivity contribution is 8.27. The Kier molecular flexibility index (Phi) is 5.53. The van der Waals surface area contributed by atoms with E-state index in [9.17, 15) is 9.59 Å². The third-order valence-electron chi connectivity index (χ3n) is 3.99. The molecule has 0 aliphatic carbocycles. The standard InChI is InChI=1S/C21H12ClNO4S2/c22-14-5-7-15(8-6-14)23-19(24)18(29-21(23)28)12-13-3-9-16(10-4-13)27-20(25)17-2-1-11-26-17/h1-12H/b18-12-. The molecule has 1 saturated heterocycles. The van der Waals surface area contributed by atoms with Crippen LogP contribution in [-0.2, 0) is 4.79 Å². The molecule has 0 radical (unpaired) electrons. The lowest BCUT2D eigenvalue weighted by Gasteiger charge is -2.14. The predicted octanol–water partition coefficient (Wildman–Crippen LogP) is 5.56. The molecule has 0 saturated carbocycles. The zero-order valence-electron chi connectivity index (χ0n) is 14.7. The number of thioether (sulfide) groups is 1. The molecule has 3 aromatic rings. The van der Waals surface area contributed by atoms with E-state index in [1.165, 1.54) is 29.0 Å². The topological polar surface area (TPSA) is 59.8 Å². The minimum absolute atomic E-state index is 0.125. The number of ether oxygens (including phenoxy) is 1. The van der Waals surface area contributed by atoms with Crippen molar-refractivity contribution in [2.75, 3.05) is 4.90 Å². The Bertz CT molecular complexity index is 1110. The summed E-state index contributed by atoms with van der Waals surface area (Å²) in [6, 6.07) is 16.8. The zero-order chi connectivity index (χ0) is 20.4. The molecule has 1 aliphatic heterocycles. The van der Waals surface area contributed by atoms with Gasteiger partial charge in [0.05, 0.1) is 16.9 Å². The summed E-state index contributed by atoms with van der Waals surface area (Å²) in [5.74, 6) is -0.278. The Hall–Kier alpha value is -2.87. The third-order valence-corrected chi connectivity index (χ3v) is 5.54. The molecule has 8 heteroatoms. The fourth-order valence-electron chi connectivity index (χ4n) is 2.62. The van der Waals surface area contributed by atoms with Gasteiger partial charge in [-0.15, -0.1) is 0 Å². The lowest BCUT2D eigenvalue weighted by Crippen LogP contribution is -2.27. The molecule has 29 heavy (non-hydrogen) atoms. The van der Waals surface area contributed by atoms with Crippen LogP contribution in [0.1, 0.15) is 16.1 Å². The molecule has 4 rings (SSSR count). The number of hydrogen-bond donors (Lipinski definition) is 0. The molecule has 2 heterocycles. The number of carbonyl (C=O) groups is 2. The van der Waals surface area contributed by atoms with Gasteiger partial charge in [-0.2, -0.15) is 0 Å². The summed E-state index contributed by atoms with van der Waals surface area (Å²) in [4.78, 5) is 26.7. The number of halogens is 1. The van der Waals surface area contributed by atoms with Gasteiger partial charge in [0.25, 0.3) is 5.91 Å². The first-order chi connectivity index (χ1) is 14.0. The smallest absolute Gasteiger partial charge is 0.379 e. The molecular weight excluding hydrogens is 430 g/mol. The van der Waals surface area contributed by atoms with Crippen molar-refractivity contribution < 1.29 is 18.7 Å². The molecule has 1 amide bonds. The van der Waals surface area contributed by atoms with E-state index in [1.54, 1.807) is 60.7 Å². The van der Waals surface area contributed by atoms with E-state index in [0.717, 1.165) is 5.56 Å². The number of furan rings is 1. The van der Waals surface area contributed by atoms with Crippen molar-refractivity contribution in [3.05, 3.63) is 88.2 Å². The van der Waals surface area contributed by atoms with Crippen LogP contribution in [0.15, 0.2) is 76.2 Å². The molecular formula is C21H12ClNO4S2. The van der Waals surface area contributed by atoms with Crippen molar-refractivity contribution in [3.8, 4) is 5.75 Å². The Morgan fingerprint density at radius 2 is 1.83 bits per heavy atom. The molecule has 0 bridgehead atoms. The van der Waals surface area contributed by atoms with E-state index < -0.39 is 5.97 Å². The molecule has 0 N–H and O–H groups in total. The van der Waals surface area contributed by atoms with Crippen LogP contribution in [0, 0.1) is 0 Å². The van der Waals surface area contributed by atoms with Crippen LogP contribution >= 0.6 is 35.6 Å². The number of nitrogens with zero attached hydrogens (tertiary/aromatic N) is 1. The maximum absolute atomic E-state index is 12.8. The second-order valence-electron chi connectivity index (χ2n) is 5.93. The van der Waals surface area contributed by atoms with Crippen molar-refractivity contribution in [3.63, 3.8) is 0 Å². The number of rotatable bonds is 4. The van der Waals surface area contributed by atoms with Gasteiger partial charge in [0.1, 0.15) is 5.75 Å². The maximum Gasteiger partial charge on any atom is 0.379 e. The zero-order valence-corrected chi connectivity index (χ0v) is 17.1. The summed E-state index contributed by atoms with van der Waals surface area (Å²) >= 11 is 12.5. The fourth-order valence-corrected chi connectivity index (χ4v) is 4.04. The number of thiocarbonyl (C=S) groups is 1. The Balaban J connectivity index is 1.49. The minimum Gasteiger partial charge on any atom is -0.457 e. The summed E-state index contributed by atoms with van der Waals surface area (Å²) < 4.78 is 10.7. The van der Waals surface area contributed by atoms with Gasteiger partial charge in [0, 0.05) is 5.02 Å². The fraction of sp³-hybridized carbons (Fsp3) is 0. The van der Waals surface area contributed by atoms with Crippen LogP contribution in [0.3, 0.4) is 0 Å². The van der Waals surface area contributed by atoms with Gasteiger partial charge in [0.2, 0.25) is 5.76 Å². The number of amides is 1. The van der Waals surface area contributed by atoms with Crippen molar-refractivity contribution in [1.29, 1.82) is 0 Å². The largest absolute Gasteiger partial charge is 0.457 e. The molecule has 0 unspecified atom stereocenters. The summed E-state index contributed by atoms with van der Waals surface area (Å²) in [5, 5.41) is 0.586. The normalized spacial score (nSPS) is 15.2. The lowest BCUT2D eigenvalue weighted by molar-refractivity contribution is -0.113. The summed E-state index contributed by atoms with van der Waals surface area (Å²) in [6.07, 6.45) is 3.15. The van der Waals surface area contributed by atoms with Crippen LogP contribution in [-0.4, -0.2) is 16.2 Å². The van der Waals surface area contributed by atoms with Crippen LogP contribution in [0.5, 0.6) is 5.75 Å². The Labute approximate surface area is 180 Å². The van der Waals surface area contributed by atoms with Crippen LogP contribution in [0.25, 0.3) is 6.08 Å². The van der Waals surface area contributed by atoms with Gasteiger partial charge in [-0.1, -0.05) is 47.7 Å².